The highest BCUT2D eigenvalue weighted by Crippen LogP contribution is 2.29. The molecular weight excluding hydrogens is 502 g/mol. The van der Waals surface area contributed by atoms with E-state index in [1.54, 1.807) is 49.4 Å². The number of carbonyl (C=O) groups excluding carboxylic acids is 2. The highest BCUT2D eigenvalue weighted by atomic mass is 35.5. The highest BCUT2D eigenvalue weighted by Gasteiger charge is 2.27. The van der Waals surface area contributed by atoms with Crippen LogP contribution in [0.15, 0.2) is 48.5 Å². The van der Waals surface area contributed by atoms with E-state index in [-0.39, 0.29) is 37.7 Å². The Kier molecular flexibility index (Phi) is 11.5. The summed E-state index contributed by atoms with van der Waals surface area (Å²) < 4.78 is 31.6. The fourth-order valence-corrected chi connectivity index (χ4v) is 4.95. The molecule has 2 aromatic rings. The zero-order chi connectivity index (χ0) is 26.7. The van der Waals surface area contributed by atoms with Gasteiger partial charge < -0.3 is 15.0 Å². The van der Waals surface area contributed by atoms with Crippen LogP contribution in [0, 0.1) is 0 Å². The van der Waals surface area contributed by atoms with Crippen molar-refractivity contribution in [1.82, 2.24) is 10.2 Å². The Labute approximate surface area is 219 Å². The third-order valence-corrected chi connectivity index (χ3v) is 7.16. The van der Waals surface area contributed by atoms with Crippen LogP contribution in [-0.2, 0) is 26.2 Å². The van der Waals surface area contributed by atoms with E-state index in [1.165, 1.54) is 16.3 Å². The van der Waals surface area contributed by atoms with E-state index in [0.29, 0.717) is 23.0 Å². The number of benzene rings is 2. The molecule has 0 aliphatic heterocycles. The maximum Gasteiger partial charge on any atom is 0.242 e. The average molecular weight is 538 g/mol. The lowest BCUT2D eigenvalue weighted by Gasteiger charge is -2.29. The normalized spacial score (nSPS) is 12.0. The molecule has 0 radical (unpaired) electrons. The van der Waals surface area contributed by atoms with Gasteiger partial charge in [-0.3, -0.25) is 13.9 Å². The number of nitrogens with zero attached hydrogens (tertiary/aromatic N) is 2. The minimum absolute atomic E-state index is 0.0638. The second kappa shape index (κ2) is 14.1. The molecule has 0 unspecified atom stereocenters. The van der Waals surface area contributed by atoms with Gasteiger partial charge >= 0.3 is 0 Å². The van der Waals surface area contributed by atoms with Crippen molar-refractivity contribution >= 4 is 39.1 Å². The van der Waals surface area contributed by atoms with E-state index in [4.69, 9.17) is 16.3 Å². The van der Waals surface area contributed by atoms with Gasteiger partial charge in [-0.2, -0.15) is 0 Å². The third kappa shape index (κ3) is 8.71. The predicted octanol–water partition coefficient (Wildman–Crippen LogP) is 4.23. The highest BCUT2D eigenvalue weighted by molar-refractivity contribution is 7.92. The Morgan fingerprint density at radius 1 is 1.11 bits per heavy atom. The maximum atomic E-state index is 13.3. The summed E-state index contributed by atoms with van der Waals surface area (Å²) in [5.41, 5.74) is 1.21. The van der Waals surface area contributed by atoms with Crippen molar-refractivity contribution in [2.75, 3.05) is 30.8 Å². The molecule has 8 nitrogen and oxygen atoms in total. The Morgan fingerprint density at radius 2 is 1.83 bits per heavy atom. The lowest BCUT2D eigenvalue weighted by atomic mass is 10.1. The van der Waals surface area contributed by atoms with Gasteiger partial charge in [0.1, 0.15) is 11.8 Å². The van der Waals surface area contributed by atoms with Gasteiger partial charge in [-0.15, -0.1) is 0 Å². The number of amides is 2. The third-order valence-electron chi connectivity index (χ3n) is 5.74. The lowest BCUT2D eigenvalue weighted by molar-refractivity contribution is -0.140. The lowest BCUT2D eigenvalue weighted by Crippen LogP contribution is -2.48. The van der Waals surface area contributed by atoms with Crippen LogP contribution in [-0.4, -0.2) is 57.6 Å². The summed E-state index contributed by atoms with van der Waals surface area (Å²) in [5, 5.41) is 3.43. The SMILES string of the molecule is CCCCNC(=O)[C@H](C)N(Cc1cccc(Cl)c1)C(=O)CCCN(c1ccccc1OC)S(C)(=O)=O. The molecule has 0 aromatic heterocycles. The first-order valence-electron chi connectivity index (χ1n) is 12.0. The molecule has 0 saturated carbocycles. The number of para-hydroxylation sites is 2. The molecule has 2 rings (SSSR count). The fraction of sp³-hybridized carbons (Fsp3) is 0.462. The standard InChI is InChI=1S/C26H36ClN3O5S/c1-5-6-16-28-26(32)20(2)29(19-21-11-9-12-22(27)18-21)25(31)15-10-17-30(36(4,33)34)23-13-7-8-14-24(23)35-3/h7-9,11-14,18,20H,5-6,10,15-17,19H2,1-4H3,(H,28,32)/t20-/m0/s1. The molecule has 36 heavy (non-hydrogen) atoms. The fourth-order valence-electron chi connectivity index (χ4n) is 3.77. The molecule has 0 spiro atoms. The van der Waals surface area contributed by atoms with Crippen molar-refractivity contribution in [3.8, 4) is 5.75 Å². The van der Waals surface area contributed by atoms with E-state index in [2.05, 4.69) is 5.32 Å². The first-order chi connectivity index (χ1) is 17.1. The van der Waals surface area contributed by atoms with E-state index < -0.39 is 16.1 Å². The average Bonchev–Trinajstić information content (AvgIpc) is 2.84. The number of nitrogens with one attached hydrogen (secondary N) is 1. The molecule has 2 amide bonds. The Hall–Kier alpha value is -2.78. The molecule has 0 fully saturated rings. The zero-order valence-electron chi connectivity index (χ0n) is 21.4. The van der Waals surface area contributed by atoms with Crippen molar-refractivity contribution in [1.29, 1.82) is 0 Å². The van der Waals surface area contributed by atoms with E-state index >= 15 is 0 Å². The molecule has 1 atom stereocenters. The summed E-state index contributed by atoms with van der Waals surface area (Å²) in [6, 6.07) is 13.3. The van der Waals surface area contributed by atoms with Crippen LogP contribution in [0.2, 0.25) is 5.02 Å². The minimum Gasteiger partial charge on any atom is -0.495 e. The number of carbonyl (C=O) groups is 2. The summed E-state index contributed by atoms with van der Waals surface area (Å²) in [4.78, 5) is 27.6. The summed E-state index contributed by atoms with van der Waals surface area (Å²) in [7, 11) is -2.14. The number of hydrogen-bond acceptors (Lipinski definition) is 5. The molecule has 1 N–H and O–H groups in total. The number of sulfonamides is 1. The van der Waals surface area contributed by atoms with Crippen molar-refractivity contribution in [3.63, 3.8) is 0 Å². The topological polar surface area (TPSA) is 96.0 Å². The van der Waals surface area contributed by atoms with Crippen molar-refractivity contribution in [2.45, 2.75) is 52.1 Å². The Morgan fingerprint density at radius 3 is 2.47 bits per heavy atom. The second-order valence-corrected chi connectivity index (χ2v) is 10.9. The number of halogens is 1. The molecule has 0 saturated heterocycles. The number of unbranched alkanes of at least 4 members (excludes halogenated alkanes) is 1. The number of rotatable bonds is 14. The first-order valence-corrected chi connectivity index (χ1v) is 14.2. The van der Waals surface area contributed by atoms with Gasteiger partial charge in [0.05, 0.1) is 19.1 Å². The number of ether oxygens (including phenoxy) is 1. The van der Waals surface area contributed by atoms with Crippen molar-refractivity contribution < 1.29 is 22.7 Å². The minimum atomic E-state index is -3.62. The molecule has 198 valence electrons. The van der Waals surface area contributed by atoms with Gasteiger partial charge in [0.15, 0.2) is 0 Å². The monoisotopic (exact) mass is 537 g/mol. The molecule has 0 aliphatic carbocycles. The van der Waals surface area contributed by atoms with Gasteiger partial charge in [-0.1, -0.05) is 49.2 Å². The number of methoxy groups -OCH3 is 1. The van der Waals surface area contributed by atoms with Crippen LogP contribution in [0.5, 0.6) is 5.75 Å². The van der Waals surface area contributed by atoms with Crippen LogP contribution in [0.1, 0.15) is 45.1 Å². The zero-order valence-corrected chi connectivity index (χ0v) is 22.9. The van der Waals surface area contributed by atoms with Crippen LogP contribution >= 0.6 is 11.6 Å². The summed E-state index contributed by atoms with van der Waals surface area (Å²) >= 11 is 6.12. The van der Waals surface area contributed by atoms with E-state index in [9.17, 15) is 18.0 Å². The smallest absolute Gasteiger partial charge is 0.242 e. The summed E-state index contributed by atoms with van der Waals surface area (Å²) in [6.45, 7) is 4.58. The predicted molar refractivity (Wildman–Crippen MR) is 144 cm³/mol. The van der Waals surface area contributed by atoms with Gasteiger partial charge in [-0.25, -0.2) is 8.42 Å². The van der Waals surface area contributed by atoms with E-state index in [1.807, 2.05) is 13.0 Å². The summed E-state index contributed by atoms with van der Waals surface area (Å²) in [6.07, 6.45) is 3.25. The molecule has 2 aromatic carbocycles. The molecule has 0 bridgehead atoms. The van der Waals surface area contributed by atoms with E-state index in [0.717, 1.165) is 24.7 Å². The van der Waals surface area contributed by atoms with Gasteiger partial charge in [0.25, 0.3) is 0 Å². The maximum absolute atomic E-state index is 13.3. The molecule has 0 aliphatic rings. The quantitative estimate of drug-likeness (QED) is 0.364. The van der Waals surface area contributed by atoms with Crippen molar-refractivity contribution in [2.24, 2.45) is 0 Å². The largest absolute Gasteiger partial charge is 0.495 e. The molecule has 0 heterocycles. The Bertz CT molecular complexity index is 1130. The Balaban J connectivity index is 2.17. The number of hydrogen-bond donors (Lipinski definition) is 1. The van der Waals surface area contributed by atoms with Crippen LogP contribution < -0.4 is 14.4 Å². The first kappa shape index (κ1) is 29.5. The van der Waals surface area contributed by atoms with Crippen LogP contribution in [0.25, 0.3) is 0 Å². The van der Waals surface area contributed by atoms with Gasteiger partial charge in [-0.05, 0) is 49.6 Å². The second-order valence-electron chi connectivity index (χ2n) is 8.58. The molecule has 10 heteroatoms. The van der Waals surface area contributed by atoms with Crippen LogP contribution in [0.3, 0.4) is 0 Å². The van der Waals surface area contributed by atoms with Gasteiger partial charge in [0, 0.05) is 31.1 Å². The number of anilines is 1. The van der Waals surface area contributed by atoms with Crippen molar-refractivity contribution in [3.05, 3.63) is 59.1 Å². The molecular formula is C26H36ClN3O5S. The summed E-state index contributed by atoms with van der Waals surface area (Å²) in [5.74, 6) is -0.0542. The van der Waals surface area contributed by atoms with Crippen LogP contribution in [0.4, 0.5) is 5.69 Å². The van der Waals surface area contributed by atoms with Gasteiger partial charge in [0.2, 0.25) is 21.8 Å².